The number of rotatable bonds is 11. The average Bonchev–Trinajstić information content (AvgIpc) is 3.38. The van der Waals surface area contributed by atoms with Gasteiger partial charge in [0.05, 0.1) is 0 Å². The van der Waals surface area contributed by atoms with E-state index in [1.54, 1.807) is 37.3 Å². The van der Waals surface area contributed by atoms with Crippen LogP contribution < -0.4 is 21.7 Å². The standard InChI is InChI=1S/C29H34FN5O5/c1-17-15-18(5-11-23(17)36)6-12-24(37)35-25(29(2,3)4)27(39)33-21(28-34-22(16-40-28)26(31)38)13-14-32-20-9-7-19(30)8-10-20/h5,7-11,13,15-16,25,32,36H,6,12,14H2,1-4H3,(H2,31,38)(H,33,39)(H,35,37)/b21-13+. The topological polar surface area (TPSA) is 160 Å². The second kappa shape index (κ2) is 12.9. The molecule has 212 valence electrons. The van der Waals surface area contributed by atoms with Crippen molar-refractivity contribution in [2.45, 2.75) is 46.6 Å². The molecule has 0 aliphatic heterocycles. The Hall–Kier alpha value is -4.67. The minimum Gasteiger partial charge on any atom is -0.508 e. The number of aromatic hydroxyl groups is 1. The van der Waals surface area contributed by atoms with Gasteiger partial charge in [0.25, 0.3) is 5.91 Å². The van der Waals surface area contributed by atoms with Crippen LogP contribution >= 0.6 is 0 Å². The number of benzene rings is 2. The number of primary amides is 1. The predicted octanol–water partition coefficient (Wildman–Crippen LogP) is 3.66. The normalized spacial score (nSPS) is 12.5. The summed E-state index contributed by atoms with van der Waals surface area (Å²) in [6.07, 6.45) is 3.22. The highest BCUT2D eigenvalue weighted by molar-refractivity contribution is 5.94. The molecule has 0 saturated carbocycles. The van der Waals surface area contributed by atoms with Crippen molar-refractivity contribution in [1.82, 2.24) is 15.6 Å². The summed E-state index contributed by atoms with van der Waals surface area (Å²) in [5, 5.41) is 18.3. The number of nitrogens with two attached hydrogens (primary N) is 1. The minimum absolute atomic E-state index is 0.0512. The molecular weight excluding hydrogens is 517 g/mol. The number of phenolic OH excluding ortho intramolecular Hbond substituents is 1. The van der Waals surface area contributed by atoms with Gasteiger partial charge in [0, 0.05) is 18.7 Å². The van der Waals surface area contributed by atoms with Gasteiger partial charge < -0.3 is 31.2 Å². The van der Waals surface area contributed by atoms with Crippen LogP contribution in [-0.2, 0) is 16.0 Å². The van der Waals surface area contributed by atoms with Crippen molar-refractivity contribution in [3.63, 3.8) is 0 Å². The molecule has 3 aromatic rings. The lowest BCUT2D eigenvalue weighted by atomic mass is 9.86. The second-order valence-electron chi connectivity index (χ2n) is 10.4. The molecule has 1 atom stereocenters. The van der Waals surface area contributed by atoms with Crippen LogP contribution in [0.4, 0.5) is 10.1 Å². The fraction of sp³-hybridized carbons (Fsp3) is 0.310. The summed E-state index contributed by atoms with van der Waals surface area (Å²) >= 11 is 0. The van der Waals surface area contributed by atoms with Gasteiger partial charge in [0.15, 0.2) is 5.69 Å². The van der Waals surface area contributed by atoms with Crippen LogP contribution in [0.3, 0.4) is 0 Å². The molecule has 10 nitrogen and oxygen atoms in total. The van der Waals surface area contributed by atoms with Crippen molar-refractivity contribution < 1.29 is 28.3 Å². The molecule has 3 amide bonds. The zero-order valence-electron chi connectivity index (χ0n) is 22.9. The quantitative estimate of drug-likeness (QED) is 0.243. The van der Waals surface area contributed by atoms with Gasteiger partial charge >= 0.3 is 0 Å². The third-order valence-electron chi connectivity index (χ3n) is 6.04. The molecule has 0 saturated heterocycles. The minimum atomic E-state index is -0.930. The van der Waals surface area contributed by atoms with E-state index in [2.05, 4.69) is 20.9 Å². The Morgan fingerprint density at radius 1 is 1.15 bits per heavy atom. The number of aryl methyl sites for hydroxylation is 2. The Balaban J connectivity index is 1.75. The smallest absolute Gasteiger partial charge is 0.270 e. The summed E-state index contributed by atoms with van der Waals surface area (Å²) in [5.74, 6) is -1.88. The van der Waals surface area contributed by atoms with E-state index in [4.69, 9.17) is 10.2 Å². The lowest BCUT2D eigenvalue weighted by molar-refractivity contribution is -0.130. The Labute approximate surface area is 231 Å². The number of carbonyl (C=O) groups excluding carboxylic acids is 3. The summed E-state index contributed by atoms with van der Waals surface area (Å²) in [4.78, 5) is 41.9. The molecule has 2 aromatic carbocycles. The van der Waals surface area contributed by atoms with Crippen molar-refractivity contribution in [3.8, 4) is 5.75 Å². The van der Waals surface area contributed by atoms with E-state index >= 15 is 0 Å². The highest BCUT2D eigenvalue weighted by Crippen LogP contribution is 2.22. The number of carbonyl (C=O) groups is 3. The Kier molecular flexibility index (Phi) is 9.65. The van der Waals surface area contributed by atoms with Crippen molar-refractivity contribution in [1.29, 1.82) is 0 Å². The van der Waals surface area contributed by atoms with E-state index in [9.17, 15) is 23.9 Å². The van der Waals surface area contributed by atoms with Gasteiger partial charge in [-0.05, 0) is 66.3 Å². The number of aromatic nitrogens is 1. The number of hydrogen-bond donors (Lipinski definition) is 5. The predicted molar refractivity (Wildman–Crippen MR) is 149 cm³/mol. The molecule has 1 aromatic heterocycles. The van der Waals surface area contributed by atoms with Crippen LogP contribution in [-0.4, -0.2) is 40.4 Å². The molecule has 40 heavy (non-hydrogen) atoms. The number of oxazole rings is 1. The molecule has 0 aliphatic carbocycles. The molecule has 0 aliphatic rings. The third-order valence-corrected chi connectivity index (χ3v) is 6.04. The highest BCUT2D eigenvalue weighted by atomic mass is 19.1. The van der Waals surface area contributed by atoms with Crippen molar-refractivity contribution in [3.05, 3.63) is 83.3 Å². The van der Waals surface area contributed by atoms with Crippen LogP contribution in [0, 0.1) is 18.2 Å². The number of hydrogen-bond acceptors (Lipinski definition) is 7. The highest BCUT2D eigenvalue weighted by Gasteiger charge is 2.33. The molecule has 3 rings (SSSR count). The fourth-order valence-corrected chi connectivity index (χ4v) is 3.79. The molecule has 0 bridgehead atoms. The van der Waals surface area contributed by atoms with Gasteiger partial charge in [0.2, 0.25) is 17.7 Å². The van der Waals surface area contributed by atoms with Gasteiger partial charge in [-0.25, -0.2) is 9.37 Å². The lowest BCUT2D eigenvalue weighted by Crippen LogP contribution is -2.53. The summed E-state index contributed by atoms with van der Waals surface area (Å²) in [5.41, 5.74) is 6.89. The number of anilines is 1. The maximum atomic E-state index is 13.5. The summed E-state index contributed by atoms with van der Waals surface area (Å²) in [6, 6.07) is 9.94. The summed E-state index contributed by atoms with van der Waals surface area (Å²) in [6.45, 7) is 7.41. The van der Waals surface area contributed by atoms with Crippen molar-refractivity contribution in [2.24, 2.45) is 11.1 Å². The van der Waals surface area contributed by atoms with Gasteiger partial charge in [-0.15, -0.1) is 0 Å². The molecular formula is C29H34FN5O5. The fourth-order valence-electron chi connectivity index (χ4n) is 3.79. The van der Waals surface area contributed by atoms with E-state index in [0.29, 0.717) is 17.7 Å². The monoisotopic (exact) mass is 551 g/mol. The zero-order chi connectivity index (χ0) is 29.4. The van der Waals surface area contributed by atoms with Gasteiger partial charge in [-0.3, -0.25) is 14.4 Å². The molecule has 6 N–H and O–H groups in total. The lowest BCUT2D eigenvalue weighted by Gasteiger charge is -2.30. The van der Waals surface area contributed by atoms with E-state index in [-0.39, 0.29) is 47.7 Å². The maximum absolute atomic E-state index is 13.5. The SMILES string of the molecule is Cc1cc(CCC(=O)NC(C(=O)N/C(=C/CNc2ccc(F)cc2)c2nc(C(N)=O)co2)C(C)(C)C)ccc1O. The molecule has 0 radical (unpaired) electrons. The molecule has 1 heterocycles. The molecule has 1 unspecified atom stereocenters. The first-order chi connectivity index (χ1) is 18.8. The van der Waals surface area contributed by atoms with Gasteiger partial charge in [-0.2, -0.15) is 0 Å². The van der Waals surface area contributed by atoms with Crippen LogP contribution in [0.5, 0.6) is 5.75 Å². The van der Waals surface area contributed by atoms with Crippen LogP contribution in [0.25, 0.3) is 5.70 Å². The van der Waals surface area contributed by atoms with Crippen LogP contribution in [0.15, 0.2) is 59.2 Å². The van der Waals surface area contributed by atoms with Crippen molar-refractivity contribution >= 4 is 29.1 Å². The first kappa shape index (κ1) is 29.9. The molecule has 0 spiro atoms. The average molecular weight is 552 g/mol. The maximum Gasteiger partial charge on any atom is 0.270 e. The summed E-state index contributed by atoms with van der Waals surface area (Å²) < 4.78 is 18.6. The molecule has 0 fully saturated rings. The number of phenols is 1. The second-order valence-corrected chi connectivity index (χ2v) is 10.4. The van der Waals surface area contributed by atoms with Gasteiger partial charge in [0.1, 0.15) is 29.6 Å². The Morgan fingerprint density at radius 2 is 1.85 bits per heavy atom. The third kappa shape index (κ3) is 8.42. The van der Waals surface area contributed by atoms with E-state index in [0.717, 1.165) is 11.8 Å². The number of amides is 3. The zero-order valence-corrected chi connectivity index (χ0v) is 22.9. The number of nitrogens with one attached hydrogen (secondary N) is 3. The Bertz CT molecular complexity index is 1390. The van der Waals surface area contributed by atoms with Crippen LogP contribution in [0.2, 0.25) is 0 Å². The first-order valence-electron chi connectivity index (χ1n) is 12.7. The van der Waals surface area contributed by atoms with Gasteiger partial charge in [-0.1, -0.05) is 32.9 Å². The molecule has 11 heteroatoms. The van der Waals surface area contributed by atoms with Crippen molar-refractivity contribution in [2.75, 3.05) is 11.9 Å². The van der Waals surface area contributed by atoms with E-state index < -0.39 is 23.3 Å². The number of nitrogens with zero attached hydrogens (tertiary/aromatic N) is 1. The summed E-state index contributed by atoms with van der Waals surface area (Å²) in [7, 11) is 0. The van der Waals surface area contributed by atoms with Crippen LogP contribution in [0.1, 0.15) is 54.7 Å². The van der Waals surface area contributed by atoms with E-state index in [1.165, 1.54) is 12.1 Å². The van der Waals surface area contributed by atoms with E-state index in [1.807, 2.05) is 26.8 Å². The largest absolute Gasteiger partial charge is 0.508 e. The number of halogens is 1. The first-order valence-corrected chi connectivity index (χ1v) is 12.7. The Morgan fingerprint density at radius 3 is 2.45 bits per heavy atom.